The van der Waals surface area contributed by atoms with Crippen molar-refractivity contribution in [2.24, 2.45) is 5.92 Å². The van der Waals surface area contributed by atoms with Crippen molar-refractivity contribution in [3.8, 4) is 0 Å². The Balaban J connectivity index is 1.30. The number of rotatable bonds is 3. The molecule has 2 aliphatic heterocycles. The highest BCUT2D eigenvalue weighted by Crippen LogP contribution is 2.32. The van der Waals surface area contributed by atoms with E-state index in [0.29, 0.717) is 19.0 Å². The lowest BCUT2D eigenvalue weighted by Gasteiger charge is -2.33. The third kappa shape index (κ3) is 3.34. The quantitative estimate of drug-likeness (QED) is 0.664. The van der Waals surface area contributed by atoms with Crippen molar-refractivity contribution in [3.05, 3.63) is 60.2 Å². The lowest BCUT2D eigenvalue weighted by atomic mass is 9.96. The lowest BCUT2D eigenvalue weighted by molar-refractivity contribution is -0.137. The molecule has 0 bridgehead atoms. The Morgan fingerprint density at radius 2 is 1.90 bits per heavy atom. The maximum Gasteiger partial charge on any atom is 0.228 e. The summed E-state index contributed by atoms with van der Waals surface area (Å²) < 4.78 is 20.0. The summed E-state index contributed by atoms with van der Waals surface area (Å²) in [6, 6.07) is 13.8. The van der Waals surface area contributed by atoms with Gasteiger partial charge in [-0.25, -0.2) is 9.37 Å². The molecule has 30 heavy (non-hydrogen) atoms. The van der Waals surface area contributed by atoms with E-state index in [0.717, 1.165) is 23.9 Å². The first kappa shape index (κ1) is 18.8. The first-order valence-electron chi connectivity index (χ1n) is 10.3. The van der Waals surface area contributed by atoms with Crippen molar-refractivity contribution >= 4 is 28.6 Å². The second kappa shape index (κ2) is 7.55. The standard InChI is InChI=1S/C23H22FN3O3/c24-17-7-1-3-9-19(17)27-14-16(12-21(27)28)23(29)26-11-5-6-15(13-26)22-25-18-8-2-4-10-20(18)30-22/h1-4,7-10,15-16H,5-6,11-14H2. The zero-order chi connectivity index (χ0) is 20.7. The van der Waals surface area contributed by atoms with Crippen molar-refractivity contribution < 1.29 is 18.4 Å². The molecular weight excluding hydrogens is 385 g/mol. The number of carbonyl (C=O) groups is 2. The summed E-state index contributed by atoms with van der Waals surface area (Å²) in [5.41, 5.74) is 1.80. The number of fused-ring (bicyclic) bond motifs is 1. The van der Waals surface area contributed by atoms with Crippen LogP contribution in [0.5, 0.6) is 0 Å². The van der Waals surface area contributed by atoms with Crippen LogP contribution in [0.15, 0.2) is 52.9 Å². The normalized spacial score (nSPS) is 22.1. The first-order valence-corrected chi connectivity index (χ1v) is 10.3. The van der Waals surface area contributed by atoms with E-state index in [9.17, 15) is 14.0 Å². The van der Waals surface area contributed by atoms with E-state index in [4.69, 9.17) is 4.42 Å². The number of para-hydroxylation sites is 3. The summed E-state index contributed by atoms with van der Waals surface area (Å²) in [5.74, 6) is -0.486. The number of hydrogen-bond acceptors (Lipinski definition) is 4. The van der Waals surface area contributed by atoms with E-state index >= 15 is 0 Å². The monoisotopic (exact) mass is 407 g/mol. The van der Waals surface area contributed by atoms with Crippen molar-refractivity contribution in [3.63, 3.8) is 0 Å². The van der Waals surface area contributed by atoms with Crippen LogP contribution >= 0.6 is 0 Å². The van der Waals surface area contributed by atoms with Gasteiger partial charge in [0.2, 0.25) is 11.8 Å². The molecule has 2 unspecified atom stereocenters. The topological polar surface area (TPSA) is 66.7 Å². The molecule has 2 saturated heterocycles. The van der Waals surface area contributed by atoms with Crippen LogP contribution in [-0.2, 0) is 9.59 Å². The van der Waals surface area contributed by atoms with Crippen LogP contribution in [0.1, 0.15) is 31.1 Å². The Labute approximate surface area is 173 Å². The van der Waals surface area contributed by atoms with Crippen molar-refractivity contribution in [2.75, 3.05) is 24.5 Å². The summed E-state index contributed by atoms with van der Waals surface area (Å²) in [5, 5.41) is 0. The van der Waals surface area contributed by atoms with Crippen molar-refractivity contribution in [1.82, 2.24) is 9.88 Å². The number of carbonyl (C=O) groups excluding carboxylic acids is 2. The minimum absolute atomic E-state index is 0.0369. The molecule has 2 atom stereocenters. The van der Waals surface area contributed by atoms with E-state index in [2.05, 4.69) is 4.98 Å². The van der Waals surface area contributed by atoms with Gasteiger partial charge in [-0.15, -0.1) is 0 Å². The molecule has 0 radical (unpaired) electrons. The second-order valence-electron chi connectivity index (χ2n) is 8.00. The highest BCUT2D eigenvalue weighted by Gasteiger charge is 2.39. The number of amides is 2. The number of hydrogen-bond donors (Lipinski definition) is 0. The van der Waals surface area contributed by atoms with Crippen molar-refractivity contribution in [1.29, 1.82) is 0 Å². The fourth-order valence-electron chi connectivity index (χ4n) is 4.48. The zero-order valence-corrected chi connectivity index (χ0v) is 16.5. The number of aromatic nitrogens is 1. The molecule has 6 nitrogen and oxygen atoms in total. The molecule has 1 aromatic heterocycles. The largest absolute Gasteiger partial charge is 0.440 e. The molecule has 2 amide bonds. The number of benzene rings is 2. The fraction of sp³-hybridized carbons (Fsp3) is 0.348. The Kier molecular flexibility index (Phi) is 4.73. The number of anilines is 1. The molecule has 2 fully saturated rings. The Morgan fingerprint density at radius 3 is 2.73 bits per heavy atom. The van der Waals surface area contributed by atoms with Gasteiger partial charge in [0.05, 0.1) is 17.5 Å². The first-order chi connectivity index (χ1) is 14.6. The molecule has 2 aromatic carbocycles. The minimum atomic E-state index is -0.459. The van der Waals surface area contributed by atoms with Gasteiger partial charge in [0.1, 0.15) is 11.3 Å². The van der Waals surface area contributed by atoms with Crippen LogP contribution in [0.4, 0.5) is 10.1 Å². The molecule has 0 aliphatic carbocycles. The Hall–Kier alpha value is -3.22. The molecule has 154 valence electrons. The number of nitrogens with zero attached hydrogens (tertiary/aromatic N) is 3. The Morgan fingerprint density at radius 1 is 1.10 bits per heavy atom. The Bertz CT molecular complexity index is 1080. The highest BCUT2D eigenvalue weighted by molar-refractivity contribution is 6.00. The van der Waals surface area contributed by atoms with Crippen LogP contribution in [0, 0.1) is 11.7 Å². The second-order valence-corrected chi connectivity index (χ2v) is 8.00. The molecule has 0 spiro atoms. The zero-order valence-electron chi connectivity index (χ0n) is 16.5. The van der Waals surface area contributed by atoms with Crippen LogP contribution in [0.25, 0.3) is 11.1 Å². The fourth-order valence-corrected chi connectivity index (χ4v) is 4.48. The number of halogens is 1. The van der Waals surface area contributed by atoms with Crippen LogP contribution in [0.2, 0.25) is 0 Å². The minimum Gasteiger partial charge on any atom is -0.440 e. The molecular formula is C23H22FN3O3. The SMILES string of the molecule is O=C(C1CC(=O)N(c2ccccc2F)C1)N1CCCC(c2nc3ccccc3o2)C1. The predicted molar refractivity (Wildman–Crippen MR) is 109 cm³/mol. The summed E-state index contributed by atoms with van der Waals surface area (Å²) in [4.78, 5) is 33.4. The number of oxazole rings is 1. The van der Waals surface area contributed by atoms with Gasteiger partial charge in [-0.05, 0) is 37.1 Å². The third-order valence-electron chi connectivity index (χ3n) is 6.01. The predicted octanol–water partition coefficient (Wildman–Crippen LogP) is 3.73. The molecule has 0 saturated carbocycles. The van der Waals surface area contributed by atoms with Crippen LogP contribution < -0.4 is 4.90 Å². The van der Waals surface area contributed by atoms with E-state index < -0.39 is 11.7 Å². The number of likely N-dealkylation sites (tertiary alicyclic amines) is 1. The maximum atomic E-state index is 14.1. The van der Waals surface area contributed by atoms with Gasteiger partial charge in [-0.1, -0.05) is 24.3 Å². The third-order valence-corrected chi connectivity index (χ3v) is 6.01. The van der Waals surface area contributed by atoms with Gasteiger partial charge in [0.15, 0.2) is 11.5 Å². The maximum absolute atomic E-state index is 14.1. The number of piperidine rings is 1. The molecule has 0 N–H and O–H groups in total. The van der Waals surface area contributed by atoms with Gasteiger partial charge in [0, 0.05) is 26.1 Å². The van der Waals surface area contributed by atoms with Gasteiger partial charge in [0.25, 0.3) is 0 Å². The van der Waals surface area contributed by atoms with E-state index in [1.807, 2.05) is 29.2 Å². The van der Waals surface area contributed by atoms with Gasteiger partial charge in [-0.3, -0.25) is 9.59 Å². The molecule has 7 heteroatoms. The molecule has 3 heterocycles. The molecule has 3 aromatic rings. The van der Waals surface area contributed by atoms with E-state index in [1.165, 1.54) is 11.0 Å². The highest BCUT2D eigenvalue weighted by atomic mass is 19.1. The van der Waals surface area contributed by atoms with Crippen LogP contribution in [-0.4, -0.2) is 41.3 Å². The average Bonchev–Trinajstić information content (AvgIpc) is 3.37. The van der Waals surface area contributed by atoms with Gasteiger partial charge < -0.3 is 14.2 Å². The average molecular weight is 407 g/mol. The van der Waals surface area contributed by atoms with Gasteiger partial charge >= 0.3 is 0 Å². The van der Waals surface area contributed by atoms with Crippen molar-refractivity contribution in [2.45, 2.75) is 25.2 Å². The van der Waals surface area contributed by atoms with E-state index in [-0.39, 0.29) is 36.4 Å². The lowest BCUT2D eigenvalue weighted by Crippen LogP contribution is -2.43. The molecule has 2 aliphatic rings. The summed E-state index contributed by atoms with van der Waals surface area (Å²) in [6.45, 7) is 1.39. The van der Waals surface area contributed by atoms with Crippen LogP contribution in [0.3, 0.4) is 0 Å². The van der Waals surface area contributed by atoms with E-state index in [1.54, 1.807) is 18.2 Å². The summed E-state index contributed by atoms with van der Waals surface area (Å²) in [6.07, 6.45) is 1.87. The molecule has 5 rings (SSSR count). The summed E-state index contributed by atoms with van der Waals surface area (Å²) >= 11 is 0. The smallest absolute Gasteiger partial charge is 0.228 e. The summed E-state index contributed by atoms with van der Waals surface area (Å²) in [7, 11) is 0. The van der Waals surface area contributed by atoms with Gasteiger partial charge in [-0.2, -0.15) is 0 Å².